The van der Waals surface area contributed by atoms with Crippen LogP contribution in [0.5, 0.6) is 0 Å². The number of aromatic nitrogens is 2. The molecule has 0 aliphatic rings. The van der Waals surface area contributed by atoms with E-state index < -0.39 is 23.3 Å². The molecule has 0 aliphatic heterocycles. The number of carbonyl (C=O) groups is 2. The van der Waals surface area contributed by atoms with Crippen molar-refractivity contribution >= 4 is 22.7 Å². The molecule has 0 aliphatic carbocycles. The molecule has 1 aromatic heterocycles. The summed E-state index contributed by atoms with van der Waals surface area (Å²) in [6.07, 6.45) is 1.04. The second-order valence-electron chi connectivity index (χ2n) is 4.24. The SMILES string of the molecule is NC(=O)CC(C(N)=O)c1ncc2ccccc2nc1=O. The third-order valence-electron chi connectivity index (χ3n) is 2.80. The van der Waals surface area contributed by atoms with Crippen LogP contribution >= 0.6 is 0 Å². The van der Waals surface area contributed by atoms with Gasteiger partial charge in [0.1, 0.15) is 5.69 Å². The second kappa shape index (κ2) is 5.43. The molecular formula is C13H12N4O3. The molecule has 102 valence electrons. The monoisotopic (exact) mass is 272 g/mol. The first-order chi connectivity index (χ1) is 9.49. The first-order valence-corrected chi connectivity index (χ1v) is 5.82. The molecule has 7 nitrogen and oxygen atoms in total. The van der Waals surface area contributed by atoms with Gasteiger partial charge in [-0.1, -0.05) is 18.2 Å². The molecule has 4 N–H and O–H groups in total. The van der Waals surface area contributed by atoms with Crippen molar-refractivity contribution in [1.29, 1.82) is 0 Å². The van der Waals surface area contributed by atoms with Gasteiger partial charge in [0.05, 0.1) is 11.4 Å². The van der Waals surface area contributed by atoms with Gasteiger partial charge < -0.3 is 11.5 Å². The molecule has 0 saturated heterocycles. The number of fused-ring (bicyclic) bond motifs is 1. The Morgan fingerprint density at radius 3 is 2.55 bits per heavy atom. The molecule has 0 spiro atoms. The van der Waals surface area contributed by atoms with E-state index in [2.05, 4.69) is 9.97 Å². The summed E-state index contributed by atoms with van der Waals surface area (Å²) in [5.74, 6) is -2.76. The average Bonchev–Trinajstić information content (AvgIpc) is 2.54. The van der Waals surface area contributed by atoms with E-state index in [1.54, 1.807) is 24.3 Å². The highest BCUT2D eigenvalue weighted by Crippen LogP contribution is 2.14. The molecule has 2 rings (SSSR count). The molecule has 0 bridgehead atoms. The van der Waals surface area contributed by atoms with Gasteiger partial charge in [-0.15, -0.1) is 0 Å². The fourth-order valence-corrected chi connectivity index (χ4v) is 1.83. The van der Waals surface area contributed by atoms with Gasteiger partial charge in [-0.25, -0.2) is 4.98 Å². The lowest BCUT2D eigenvalue weighted by atomic mass is 10.0. The molecule has 2 amide bonds. The number of carbonyl (C=O) groups excluding carboxylic acids is 2. The van der Waals surface area contributed by atoms with Crippen LogP contribution < -0.4 is 17.0 Å². The van der Waals surface area contributed by atoms with E-state index in [-0.39, 0.29) is 12.1 Å². The van der Waals surface area contributed by atoms with E-state index in [4.69, 9.17) is 11.5 Å². The number of nitrogens with two attached hydrogens (primary N) is 2. The van der Waals surface area contributed by atoms with Crippen molar-refractivity contribution in [2.45, 2.75) is 12.3 Å². The van der Waals surface area contributed by atoms with Gasteiger partial charge in [0, 0.05) is 18.0 Å². The lowest BCUT2D eigenvalue weighted by molar-refractivity contribution is -0.124. The number of amides is 2. The summed E-state index contributed by atoms with van der Waals surface area (Å²) in [4.78, 5) is 42.2. The van der Waals surface area contributed by atoms with E-state index in [1.807, 2.05) is 0 Å². The number of hydrogen-bond donors (Lipinski definition) is 2. The van der Waals surface area contributed by atoms with Gasteiger partial charge in [-0.2, -0.15) is 0 Å². The Labute approximate surface area is 113 Å². The van der Waals surface area contributed by atoms with E-state index >= 15 is 0 Å². The van der Waals surface area contributed by atoms with Gasteiger partial charge in [0.2, 0.25) is 11.8 Å². The van der Waals surface area contributed by atoms with Crippen LogP contribution in [-0.4, -0.2) is 21.8 Å². The minimum absolute atomic E-state index is 0.174. The number of primary amides is 2. The summed E-state index contributed by atoms with van der Waals surface area (Å²) >= 11 is 0. The number of para-hydroxylation sites is 1. The fraction of sp³-hybridized carbons (Fsp3) is 0.154. The van der Waals surface area contributed by atoms with Crippen LogP contribution in [0.1, 0.15) is 18.0 Å². The van der Waals surface area contributed by atoms with Crippen molar-refractivity contribution in [3.63, 3.8) is 0 Å². The minimum Gasteiger partial charge on any atom is -0.370 e. The van der Waals surface area contributed by atoms with E-state index in [0.717, 1.165) is 0 Å². The molecule has 0 radical (unpaired) electrons. The lowest BCUT2D eigenvalue weighted by Gasteiger charge is -2.07. The Bertz CT molecular complexity index is 745. The summed E-state index contributed by atoms with van der Waals surface area (Å²) in [7, 11) is 0. The normalized spacial score (nSPS) is 12.0. The summed E-state index contributed by atoms with van der Waals surface area (Å²) in [6.45, 7) is 0. The predicted molar refractivity (Wildman–Crippen MR) is 71.6 cm³/mol. The van der Waals surface area contributed by atoms with Crippen molar-refractivity contribution in [3.05, 3.63) is 46.5 Å². The number of benzene rings is 1. The van der Waals surface area contributed by atoms with Crippen molar-refractivity contribution in [1.82, 2.24) is 9.97 Å². The Kier molecular flexibility index (Phi) is 3.69. The first-order valence-electron chi connectivity index (χ1n) is 5.82. The standard InChI is InChI=1S/C13H12N4O3/c14-10(18)5-8(12(15)19)11-13(20)17-9-4-2-1-3-7(9)6-16-11/h1-4,6,8H,5H2,(H2,14,18)(H2,15,19). The molecule has 0 fully saturated rings. The molecule has 1 aromatic carbocycles. The Morgan fingerprint density at radius 1 is 1.20 bits per heavy atom. The smallest absolute Gasteiger partial charge is 0.292 e. The quantitative estimate of drug-likeness (QED) is 0.770. The van der Waals surface area contributed by atoms with Crippen LogP contribution in [0.25, 0.3) is 10.9 Å². The van der Waals surface area contributed by atoms with E-state index in [1.165, 1.54) is 6.20 Å². The summed E-state index contributed by atoms with van der Waals surface area (Å²) < 4.78 is 0. The Hall–Kier alpha value is -2.83. The second-order valence-corrected chi connectivity index (χ2v) is 4.24. The third kappa shape index (κ3) is 2.77. The Morgan fingerprint density at radius 2 is 1.90 bits per heavy atom. The highest BCUT2D eigenvalue weighted by Gasteiger charge is 2.24. The maximum absolute atomic E-state index is 12.0. The van der Waals surface area contributed by atoms with Crippen molar-refractivity contribution < 1.29 is 9.59 Å². The summed E-state index contributed by atoms with van der Waals surface area (Å²) in [5.41, 5.74) is 9.82. The number of nitrogens with zero attached hydrogens (tertiary/aromatic N) is 2. The molecule has 0 saturated carbocycles. The zero-order valence-corrected chi connectivity index (χ0v) is 10.4. The molecule has 20 heavy (non-hydrogen) atoms. The number of hydrogen-bond acceptors (Lipinski definition) is 5. The summed E-state index contributed by atoms with van der Waals surface area (Å²) in [5, 5.41) is 0.637. The van der Waals surface area contributed by atoms with Gasteiger partial charge in [-0.3, -0.25) is 19.4 Å². The van der Waals surface area contributed by atoms with Crippen LogP contribution in [0.15, 0.2) is 35.3 Å². The van der Waals surface area contributed by atoms with Crippen LogP contribution in [-0.2, 0) is 9.59 Å². The van der Waals surface area contributed by atoms with Gasteiger partial charge in [0.15, 0.2) is 0 Å². The van der Waals surface area contributed by atoms with Gasteiger partial charge in [0.25, 0.3) is 5.56 Å². The topological polar surface area (TPSA) is 129 Å². The third-order valence-corrected chi connectivity index (χ3v) is 2.80. The van der Waals surface area contributed by atoms with Crippen LogP contribution in [0.4, 0.5) is 0 Å². The molecule has 1 unspecified atom stereocenters. The molecule has 2 aromatic rings. The fourth-order valence-electron chi connectivity index (χ4n) is 1.83. The largest absolute Gasteiger partial charge is 0.370 e. The zero-order chi connectivity index (χ0) is 14.7. The van der Waals surface area contributed by atoms with E-state index in [0.29, 0.717) is 10.9 Å². The van der Waals surface area contributed by atoms with Crippen LogP contribution in [0.3, 0.4) is 0 Å². The van der Waals surface area contributed by atoms with Crippen LogP contribution in [0, 0.1) is 0 Å². The van der Waals surface area contributed by atoms with Crippen molar-refractivity contribution in [2.75, 3.05) is 0 Å². The van der Waals surface area contributed by atoms with E-state index in [9.17, 15) is 14.4 Å². The molecule has 7 heteroatoms. The maximum Gasteiger partial charge on any atom is 0.292 e. The zero-order valence-electron chi connectivity index (χ0n) is 10.4. The number of rotatable bonds is 4. The average molecular weight is 272 g/mol. The van der Waals surface area contributed by atoms with Crippen LogP contribution in [0.2, 0.25) is 0 Å². The molecule has 1 atom stereocenters. The highest BCUT2D eigenvalue weighted by atomic mass is 16.2. The lowest BCUT2D eigenvalue weighted by Crippen LogP contribution is -2.31. The highest BCUT2D eigenvalue weighted by molar-refractivity contribution is 5.87. The maximum atomic E-state index is 12.0. The predicted octanol–water partition coefficient (Wildman–Crippen LogP) is -0.566. The molecule has 1 heterocycles. The van der Waals surface area contributed by atoms with Crippen molar-refractivity contribution in [3.8, 4) is 0 Å². The van der Waals surface area contributed by atoms with Gasteiger partial charge >= 0.3 is 0 Å². The summed E-state index contributed by atoms with van der Waals surface area (Å²) in [6, 6.07) is 6.87. The molecular weight excluding hydrogens is 260 g/mol. The Balaban J connectivity index is 2.64. The van der Waals surface area contributed by atoms with Crippen molar-refractivity contribution in [2.24, 2.45) is 11.5 Å². The first kappa shape index (κ1) is 13.6. The minimum atomic E-state index is -1.17. The van der Waals surface area contributed by atoms with Gasteiger partial charge in [-0.05, 0) is 6.07 Å².